The van der Waals surface area contributed by atoms with Crippen LogP contribution in [0.2, 0.25) is 0 Å². The second kappa shape index (κ2) is 12.7. The largest absolute Gasteiger partial charge is 0.484 e. The Morgan fingerprint density at radius 3 is 2.21 bits per heavy atom. The van der Waals surface area contributed by atoms with Crippen molar-refractivity contribution in [3.63, 3.8) is 0 Å². The molecule has 2 heterocycles. The van der Waals surface area contributed by atoms with Gasteiger partial charge in [0.25, 0.3) is 11.8 Å². The fourth-order valence-corrected chi connectivity index (χ4v) is 5.45. The predicted octanol–water partition coefficient (Wildman–Crippen LogP) is 6.62. The molecule has 0 spiro atoms. The van der Waals surface area contributed by atoms with Gasteiger partial charge in [-0.15, -0.1) is 0 Å². The third kappa shape index (κ3) is 6.53. The average molecular weight is 559 g/mol. The van der Waals surface area contributed by atoms with Crippen LogP contribution >= 0.6 is 0 Å². The first kappa shape index (κ1) is 27.3. The molecule has 3 N–H and O–H groups in total. The smallest absolute Gasteiger partial charge is 0.262 e. The van der Waals surface area contributed by atoms with E-state index in [2.05, 4.69) is 45.1 Å². The molecule has 2 aliphatic heterocycles. The molecule has 7 nitrogen and oxygen atoms in total. The van der Waals surface area contributed by atoms with Crippen molar-refractivity contribution in [3.8, 4) is 5.75 Å². The highest BCUT2D eigenvalue weighted by Crippen LogP contribution is 2.39. The molecule has 0 aromatic heterocycles. The summed E-state index contributed by atoms with van der Waals surface area (Å²) in [6.45, 7) is 3.14. The number of likely N-dealkylation sites (tertiary alicyclic amines) is 1. The minimum Gasteiger partial charge on any atom is -0.484 e. The van der Waals surface area contributed by atoms with Gasteiger partial charge in [-0.05, 0) is 79.5 Å². The first-order valence-corrected chi connectivity index (χ1v) is 14.4. The maximum atomic E-state index is 13.4. The van der Waals surface area contributed by atoms with E-state index in [4.69, 9.17) is 4.74 Å². The Morgan fingerprint density at radius 2 is 1.48 bits per heavy atom. The summed E-state index contributed by atoms with van der Waals surface area (Å²) < 4.78 is 5.58. The van der Waals surface area contributed by atoms with Crippen molar-refractivity contribution in [2.75, 3.05) is 35.6 Å². The van der Waals surface area contributed by atoms with Gasteiger partial charge in [0.2, 0.25) is 0 Å². The number of amides is 2. The van der Waals surface area contributed by atoms with Gasteiger partial charge in [-0.3, -0.25) is 14.5 Å². The number of nitrogens with zero attached hydrogens (tertiary/aromatic N) is 1. The van der Waals surface area contributed by atoms with Crippen LogP contribution in [0.25, 0.3) is 11.3 Å². The molecular weight excluding hydrogens is 524 g/mol. The van der Waals surface area contributed by atoms with E-state index >= 15 is 0 Å². The number of anilines is 3. The summed E-state index contributed by atoms with van der Waals surface area (Å²) in [5, 5.41) is 9.42. The van der Waals surface area contributed by atoms with Gasteiger partial charge in [0.1, 0.15) is 5.75 Å². The molecule has 4 aromatic rings. The molecule has 0 bridgehead atoms. The standard InChI is InChI=1S/C35H34N4O3/c40-32(24-42-29-12-6-2-7-13-29)36-28-18-19-31-30(22-28)33(35(41)38-31)34(26-10-4-1-5-11-26)37-27-16-14-25(15-17-27)23-39-20-8-3-9-21-39/h1-2,4-7,10-19,22,37H,3,8-9,20-21,23-24H2,(H,36,40)(H,38,41). The number of fused-ring (bicyclic) bond motifs is 1. The molecule has 0 saturated carbocycles. The number of benzene rings is 4. The van der Waals surface area contributed by atoms with E-state index in [0.717, 1.165) is 36.4 Å². The molecule has 0 atom stereocenters. The van der Waals surface area contributed by atoms with E-state index < -0.39 is 0 Å². The topological polar surface area (TPSA) is 82.7 Å². The summed E-state index contributed by atoms with van der Waals surface area (Å²) in [5.41, 5.74) is 6.27. The number of hydrogen-bond acceptors (Lipinski definition) is 5. The highest BCUT2D eigenvalue weighted by molar-refractivity contribution is 6.37. The second-order valence-corrected chi connectivity index (χ2v) is 10.6. The first-order valence-electron chi connectivity index (χ1n) is 14.4. The molecule has 2 aliphatic rings. The molecule has 212 valence electrons. The molecule has 42 heavy (non-hydrogen) atoms. The summed E-state index contributed by atoms with van der Waals surface area (Å²) in [4.78, 5) is 28.5. The Bertz CT molecular complexity index is 1580. The van der Waals surface area contributed by atoms with Gasteiger partial charge in [0.05, 0.1) is 11.3 Å². The molecule has 0 unspecified atom stereocenters. The van der Waals surface area contributed by atoms with Crippen molar-refractivity contribution in [2.24, 2.45) is 0 Å². The lowest BCUT2D eigenvalue weighted by Crippen LogP contribution is -2.29. The summed E-state index contributed by atoms with van der Waals surface area (Å²) >= 11 is 0. The normalized spacial score (nSPS) is 15.9. The lowest BCUT2D eigenvalue weighted by molar-refractivity contribution is -0.118. The molecule has 0 aliphatic carbocycles. The van der Waals surface area contributed by atoms with Gasteiger partial charge < -0.3 is 20.7 Å². The summed E-state index contributed by atoms with van der Waals surface area (Å²) in [5.74, 6) is 0.140. The third-order valence-electron chi connectivity index (χ3n) is 7.55. The Balaban J connectivity index is 1.25. The van der Waals surface area contributed by atoms with E-state index in [9.17, 15) is 9.59 Å². The van der Waals surface area contributed by atoms with Crippen LogP contribution in [-0.2, 0) is 16.1 Å². The molecule has 1 fully saturated rings. The minimum atomic E-state index is -0.285. The number of nitrogens with one attached hydrogen (secondary N) is 3. The van der Waals surface area contributed by atoms with Gasteiger partial charge in [-0.2, -0.15) is 0 Å². The van der Waals surface area contributed by atoms with E-state index in [1.54, 1.807) is 18.2 Å². The van der Waals surface area contributed by atoms with Crippen molar-refractivity contribution < 1.29 is 14.3 Å². The molecule has 6 rings (SSSR count). The van der Waals surface area contributed by atoms with Crippen molar-refractivity contribution >= 4 is 40.1 Å². The zero-order chi connectivity index (χ0) is 28.7. The van der Waals surface area contributed by atoms with E-state index in [1.165, 1.54) is 24.8 Å². The van der Waals surface area contributed by atoms with Gasteiger partial charge in [0.15, 0.2) is 6.61 Å². The highest BCUT2D eigenvalue weighted by Gasteiger charge is 2.29. The lowest BCUT2D eigenvalue weighted by Gasteiger charge is -2.26. The van der Waals surface area contributed by atoms with Crippen LogP contribution in [0.1, 0.15) is 36.0 Å². The predicted molar refractivity (Wildman–Crippen MR) is 168 cm³/mol. The maximum Gasteiger partial charge on any atom is 0.262 e. The van der Waals surface area contributed by atoms with Gasteiger partial charge >= 0.3 is 0 Å². The van der Waals surface area contributed by atoms with Crippen molar-refractivity contribution in [2.45, 2.75) is 25.8 Å². The van der Waals surface area contributed by atoms with Crippen LogP contribution in [0.15, 0.2) is 103 Å². The van der Waals surface area contributed by atoms with Gasteiger partial charge in [0, 0.05) is 29.2 Å². The van der Waals surface area contributed by atoms with Gasteiger partial charge in [-0.1, -0.05) is 67.1 Å². The molecule has 2 amide bonds. The minimum absolute atomic E-state index is 0.119. The third-order valence-corrected chi connectivity index (χ3v) is 7.55. The number of para-hydroxylation sites is 1. The number of hydrogen-bond donors (Lipinski definition) is 3. The maximum absolute atomic E-state index is 13.4. The fraction of sp³-hybridized carbons (Fsp3) is 0.200. The fourth-order valence-electron chi connectivity index (χ4n) is 5.45. The van der Waals surface area contributed by atoms with Crippen LogP contribution < -0.4 is 20.7 Å². The number of rotatable bonds is 9. The van der Waals surface area contributed by atoms with Crippen molar-refractivity contribution in [1.82, 2.24) is 4.90 Å². The Kier molecular flexibility index (Phi) is 8.28. The molecular formula is C35H34N4O3. The SMILES string of the molecule is O=C(COc1ccccc1)Nc1ccc2c(c1)C(=C(Nc1ccc(CN3CCCCC3)cc1)c1ccccc1)C(=O)N2. The van der Waals surface area contributed by atoms with Crippen molar-refractivity contribution in [1.29, 1.82) is 0 Å². The number of ether oxygens (including phenoxy) is 1. The number of carbonyl (C=O) groups excluding carboxylic acids is 2. The van der Waals surface area contributed by atoms with Crippen LogP contribution in [-0.4, -0.2) is 36.4 Å². The summed E-state index contributed by atoms with van der Waals surface area (Å²) in [6, 6.07) is 32.9. The first-order chi connectivity index (χ1) is 20.6. The Hall–Kier alpha value is -4.88. The summed E-state index contributed by atoms with van der Waals surface area (Å²) in [6.07, 6.45) is 3.86. The highest BCUT2D eigenvalue weighted by atomic mass is 16.5. The van der Waals surface area contributed by atoms with E-state index in [-0.39, 0.29) is 18.4 Å². The molecule has 7 heteroatoms. The lowest BCUT2D eigenvalue weighted by atomic mass is 9.99. The zero-order valence-electron chi connectivity index (χ0n) is 23.4. The molecule has 0 radical (unpaired) electrons. The average Bonchev–Trinajstić information content (AvgIpc) is 3.36. The Morgan fingerprint density at radius 1 is 0.786 bits per heavy atom. The molecule has 4 aromatic carbocycles. The van der Waals surface area contributed by atoms with Crippen molar-refractivity contribution in [3.05, 3.63) is 120 Å². The number of carbonyl (C=O) groups is 2. The molecule has 1 saturated heterocycles. The van der Waals surface area contributed by atoms with E-state index in [1.807, 2.05) is 60.7 Å². The van der Waals surface area contributed by atoms with Crippen LogP contribution in [0, 0.1) is 0 Å². The van der Waals surface area contributed by atoms with Gasteiger partial charge in [-0.25, -0.2) is 0 Å². The van der Waals surface area contributed by atoms with Crippen LogP contribution in [0.4, 0.5) is 17.1 Å². The Labute approximate surface area is 246 Å². The van der Waals surface area contributed by atoms with Crippen LogP contribution in [0.3, 0.4) is 0 Å². The zero-order valence-corrected chi connectivity index (χ0v) is 23.4. The quantitative estimate of drug-likeness (QED) is 0.201. The van der Waals surface area contributed by atoms with Crippen LogP contribution in [0.5, 0.6) is 5.75 Å². The number of piperidine rings is 1. The van der Waals surface area contributed by atoms with E-state index in [0.29, 0.717) is 28.4 Å². The second-order valence-electron chi connectivity index (χ2n) is 10.6. The summed E-state index contributed by atoms with van der Waals surface area (Å²) in [7, 11) is 0. The monoisotopic (exact) mass is 558 g/mol.